The molecule has 0 bridgehead atoms. The SMILES string of the molecule is c1ccc(-c2ncc(CN3CCN(C4CCOCC4)CC3)cn2)nc1. The van der Waals surface area contributed by atoms with Crippen molar-refractivity contribution < 1.29 is 4.74 Å². The Kier molecular flexibility index (Phi) is 5.30. The third-order valence-corrected chi connectivity index (χ3v) is 5.12. The van der Waals surface area contributed by atoms with Crippen LogP contribution in [0.25, 0.3) is 11.5 Å². The van der Waals surface area contributed by atoms with E-state index in [9.17, 15) is 0 Å². The van der Waals surface area contributed by atoms with Gasteiger partial charge in [0.1, 0.15) is 5.69 Å². The predicted molar refractivity (Wildman–Crippen MR) is 96.0 cm³/mol. The molecule has 4 heterocycles. The molecular formula is C19H25N5O. The van der Waals surface area contributed by atoms with Gasteiger partial charge in [0.15, 0.2) is 5.82 Å². The summed E-state index contributed by atoms with van der Waals surface area (Å²) in [7, 11) is 0. The minimum Gasteiger partial charge on any atom is -0.381 e. The van der Waals surface area contributed by atoms with Crippen LogP contribution in [0.2, 0.25) is 0 Å². The molecule has 25 heavy (non-hydrogen) atoms. The minimum atomic E-state index is 0.689. The van der Waals surface area contributed by atoms with E-state index in [4.69, 9.17) is 4.74 Å². The highest BCUT2D eigenvalue weighted by molar-refractivity contribution is 5.47. The molecule has 0 N–H and O–H groups in total. The number of piperazine rings is 1. The molecule has 2 aromatic rings. The van der Waals surface area contributed by atoms with Gasteiger partial charge in [-0.15, -0.1) is 0 Å². The first-order valence-corrected chi connectivity index (χ1v) is 9.15. The fourth-order valence-corrected chi connectivity index (χ4v) is 3.66. The van der Waals surface area contributed by atoms with E-state index in [0.29, 0.717) is 5.82 Å². The van der Waals surface area contributed by atoms with Gasteiger partial charge in [0.05, 0.1) is 0 Å². The summed E-state index contributed by atoms with van der Waals surface area (Å²) in [5.74, 6) is 0.689. The smallest absolute Gasteiger partial charge is 0.178 e. The zero-order chi connectivity index (χ0) is 16.9. The van der Waals surface area contributed by atoms with E-state index in [1.165, 1.54) is 18.4 Å². The Morgan fingerprint density at radius 1 is 0.960 bits per heavy atom. The van der Waals surface area contributed by atoms with Gasteiger partial charge < -0.3 is 4.74 Å². The first kappa shape index (κ1) is 16.6. The number of pyridine rings is 1. The van der Waals surface area contributed by atoms with Crippen molar-refractivity contribution in [2.75, 3.05) is 39.4 Å². The van der Waals surface area contributed by atoms with E-state index in [1.807, 2.05) is 30.6 Å². The Labute approximate surface area is 148 Å². The van der Waals surface area contributed by atoms with Crippen LogP contribution >= 0.6 is 0 Å². The van der Waals surface area contributed by atoms with Gasteiger partial charge in [0.2, 0.25) is 0 Å². The lowest BCUT2D eigenvalue weighted by Gasteiger charge is -2.40. The Hall–Kier alpha value is -1.89. The lowest BCUT2D eigenvalue weighted by atomic mass is 10.1. The Morgan fingerprint density at radius 3 is 2.40 bits per heavy atom. The Balaban J connectivity index is 1.30. The van der Waals surface area contributed by atoms with Gasteiger partial charge in [-0.1, -0.05) is 6.07 Å². The number of aromatic nitrogens is 3. The topological polar surface area (TPSA) is 54.4 Å². The van der Waals surface area contributed by atoms with Crippen LogP contribution in [0.3, 0.4) is 0 Å². The van der Waals surface area contributed by atoms with Crippen molar-refractivity contribution in [3.05, 3.63) is 42.4 Å². The van der Waals surface area contributed by atoms with Crippen LogP contribution in [-0.4, -0.2) is 70.2 Å². The van der Waals surface area contributed by atoms with E-state index < -0.39 is 0 Å². The average molecular weight is 339 g/mol. The number of hydrogen-bond donors (Lipinski definition) is 0. The molecule has 0 saturated carbocycles. The van der Waals surface area contributed by atoms with Crippen molar-refractivity contribution >= 4 is 0 Å². The Morgan fingerprint density at radius 2 is 1.72 bits per heavy atom. The molecule has 2 aliphatic rings. The summed E-state index contributed by atoms with van der Waals surface area (Å²) in [6.07, 6.45) is 8.00. The number of nitrogens with zero attached hydrogens (tertiary/aromatic N) is 5. The maximum Gasteiger partial charge on any atom is 0.178 e. The fraction of sp³-hybridized carbons (Fsp3) is 0.526. The van der Waals surface area contributed by atoms with E-state index in [-0.39, 0.29) is 0 Å². The summed E-state index contributed by atoms with van der Waals surface area (Å²) < 4.78 is 5.48. The molecule has 0 atom stereocenters. The zero-order valence-corrected chi connectivity index (χ0v) is 14.5. The first-order valence-electron chi connectivity index (χ1n) is 9.15. The van der Waals surface area contributed by atoms with Gasteiger partial charge in [0.25, 0.3) is 0 Å². The van der Waals surface area contributed by atoms with Gasteiger partial charge >= 0.3 is 0 Å². The molecule has 0 amide bonds. The van der Waals surface area contributed by atoms with Gasteiger partial charge in [-0.2, -0.15) is 0 Å². The quantitative estimate of drug-likeness (QED) is 0.847. The number of rotatable bonds is 4. The van der Waals surface area contributed by atoms with Crippen LogP contribution in [0, 0.1) is 0 Å². The monoisotopic (exact) mass is 339 g/mol. The molecule has 2 saturated heterocycles. The standard InChI is InChI=1S/C19H25N5O/c1-2-6-20-18(3-1)19-21-13-16(14-22-19)15-23-7-9-24(10-8-23)17-4-11-25-12-5-17/h1-3,6,13-14,17H,4-5,7-12,15H2. The maximum atomic E-state index is 5.48. The molecule has 132 valence electrons. The molecular weight excluding hydrogens is 314 g/mol. The number of ether oxygens (including phenoxy) is 1. The van der Waals surface area contributed by atoms with Gasteiger partial charge in [0, 0.05) is 76.1 Å². The molecule has 6 nitrogen and oxygen atoms in total. The molecule has 0 aromatic carbocycles. The average Bonchev–Trinajstić information content (AvgIpc) is 2.71. The lowest BCUT2D eigenvalue weighted by Crippen LogP contribution is -2.51. The van der Waals surface area contributed by atoms with Crippen LogP contribution in [0.4, 0.5) is 0 Å². The van der Waals surface area contributed by atoms with Crippen LogP contribution < -0.4 is 0 Å². The summed E-state index contributed by atoms with van der Waals surface area (Å²) in [6, 6.07) is 6.51. The van der Waals surface area contributed by atoms with Gasteiger partial charge in [-0.3, -0.25) is 14.8 Å². The molecule has 2 aromatic heterocycles. The second-order valence-electron chi connectivity index (χ2n) is 6.79. The molecule has 6 heteroatoms. The van der Waals surface area contributed by atoms with Crippen molar-refractivity contribution in [1.82, 2.24) is 24.8 Å². The maximum absolute atomic E-state index is 5.48. The predicted octanol–water partition coefficient (Wildman–Crippen LogP) is 1.84. The van der Waals surface area contributed by atoms with Crippen LogP contribution in [0.1, 0.15) is 18.4 Å². The van der Waals surface area contributed by atoms with Gasteiger partial charge in [-0.05, 0) is 25.0 Å². The Bertz CT molecular complexity index is 649. The third kappa shape index (κ3) is 4.21. The minimum absolute atomic E-state index is 0.689. The van der Waals surface area contributed by atoms with Crippen LogP contribution in [0.5, 0.6) is 0 Å². The lowest BCUT2D eigenvalue weighted by molar-refractivity contribution is 0.0126. The molecule has 0 unspecified atom stereocenters. The highest BCUT2D eigenvalue weighted by Gasteiger charge is 2.25. The summed E-state index contributed by atoms with van der Waals surface area (Å²) in [5, 5.41) is 0. The van der Waals surface area contributed by atoms with Crippen molar-refractivity contribution in [2.24, 2.45) is 0 Å². The molecule has 2 fully saturated rings. The normalized spacial score (nSPS) is 20.6. The zero-order valence-electron chi connectivity index (χ0n) is 14.5. The van der Waals surface area contributed by atoms with Crippen molar-refractivity contribution in [3.63, 3.8) is 0 Å². The van der Waals surface area contributed by atoms with Crippen molar-refractivity contribution in [2.45, 2.75) is 25.4 Å². The summed E-state index contributed by atoms with van der Waals surface area (Å²) >= 11 is 0. The molecule has 4 rings (SSSR count). The second kappa shape index (κ2) is 7.99. The second-order valence-corrected chi connectivity index (χ2v) is 6.79. The van der Waals surface area contributed by atoms with E-state index in [1.54, 1.807) is 6.20 Å². The van der Waals surface area contributed by atoms with E-state index in [2.05, 4.69) is 24.8 Å². The van der Waals surface area contributed by atoms with Gasteiger partial charge in [-0.25, -0.2) is 9.97 Å². The van der Waals surface area contributed by atoms with Crippen molar-refractivity contribution in [1.29, 1.82) is 0 Å². The van der Waals surface area contributed by atoms with E-state index in [0.717, 1.165) is 57.7 Å². The molecule has 0 spiro atoms. The van der Waals surface area contributed by atoms with Crippen molar-refractivity contribution in [3.8, 4) is 11.5 Å². The highest BCUT2D eigenvalue weighted by atomic mass is 16.5. The van der Waals surface area contributed by atoms with E-state index >= 15 is 0 Å². The summed E-state index contributed by atoms with van der Waals surface area (Å²) in [5.41, 5.74) is 1.98. The number of hydrogen-bond acceptors (Lipinski definition) is 6. The summed E-state index contributed by atoms with van der Waals surface area (Å²) in [4.78, 5) is 18.4. The molecule has 0 aliphatic carbocycles. The third-order valence-electron chi connectivity index (χ3n) is 5.12. The highest BCUT2D eigenvalue weighted by Crippen LogP contribution is 2.17. The van der Waals surface area contributed by atoms with Crippen LogP contribution in [-0.2, 0) is 11.3 Å². The molecule has 2 aliphatic heterocycles. The van der Waals surface area contributed by atoms with Crippen LogP contribution in [0.15, 0.2) is 36.8 Å². The fourth-order valence-electron chi connectivity index (χ4n) is 3.66. The largest absolute Gasteiger partial charge is 0.381 e. The summed E-state index contributed by atoms with van der Waals surface area (Å²) in [6.45, 7) is 7.29. The first-order chi connectivity index (χ1) is 12.4. The molecule has 0 radical (unpaired) electrons.